The van der Waals surface area contributed by atoms with Crippen LogP contribution < -0.4 is 4.90 Å². The van der Waals surface area contributed by atoms with Gasteiger partial charge in [0.15, 0.2) is 0 Å². The van der Waals surface area contributed by atoms with Crippen molar-refractivity contribution in [3.8, 4) is 0 Å². The molecule has 0 radical (unpaired) electrons. The number of hydrogen-bond donors (Lipinski definition) is 2. The van der Waals surface area contributed by atoms with Crippen LogP contribution in [-0.4, -0.2) is 68.1 Å². The number of benzene rings is 1. The third-order valence-corrected chi connectivity index (χ3v) is 10.1. The zero-order chi connectivity index (χ0) is 24.9. The molecule has 8 heteroatoms. The fourth-order valence-electron chi connectivity index (χ4n) is 6.42. The maximum absolute atomic E-state index is 14.5. The molecule has 0 aromatic heterocycles. The molecule has 4 rings (SSSR count). The molecule has 2 amide bonds. The van der Waals surface area contributed by atoms with Crippen LogP contribution in [0, 0.1) is 31.6 Å². The van der Waals surface area contributed by atoms with E-state index in [4.69, 9.17) is 0 Å². The number of aliphatic carboxylic acids is 1. The minimum absolute atomic E-state index is 0.00798. The number of likely N-dealkylation sites (tertiary alicyclic amines) is 1. The molecule has 34 heavy (non-hydrogen) atoms. The minimum atomic E-state index is -0.979. The molecule has 3 heterocycles. The topological polar surface area (TPSA) is 98.2 Å². The number of carbonyl (C=O) groups excluding carboxylic acids is 2. The standard InChI is InChI=1S/C26H34N2O5S/c1-6-10-27(18-11-14(3)8-9-15(18)4)24(31)22-26-16(5)12-19(34-26)20(25(32)33)21(26)23(30)28(22)17(7-2)13-29/h6,8-9,11,16-17,19-22,29H,1,7,10,12-13H2,2-5H3,(H,32,33)/t16?,17-,19-,20+,21-,22?,26?/m0/s1. The van der Waals surface area contributed by atoms with Gasteiger partial charge in [0, 0.05) is 17.5 Å². The van der Waals surface area contributed by atoms with Crippen molar-refractivity contribution in [3.63, 3.8) is 0 Å². The molecule has 3 fully saturated rings. The number of thioether (sulfide) groups is 1. The molecule has 0 aliphatic carbocycles. The molecule has 1 aromatic rings. The van der Waals surface area contributed by atoms with Crippen LogP contribution in [0.15, 0.2) is 30.9 Å². The normalized spacial score (nSPS) is 32.6. The second kappa shape index (κ2) is 9.04. The first-order valence-electron chi connectivity index (χ1n) is 12.0. The highest BCUT2D eigenvalue weighted by molar-refractivity contribution is 8.02. The summed E-state index contributed by atoms with van der Waals surface area (Å²) >= 11 is 1.52. The van der Waals surface area contributed by atoms with Crippen molar-refractivity contribution in [3.05, 3.63) is 42.0 Å². The maximum Gasteiger partial charge on any atom is 0.308 e. The molecule has 3 aliphatic heterocycles. The molecule has 2 bridgehead atoms. The highest BCUT2D eigenvalue weighted by Gasteiger charge is 2.77. The molecule has 1 spiro atoms. The lowest BCUT2D eigenvalue weighted by Crippen LogP contribution is -2.59. The summed E-state index contributed by atoms with van der Waals surface area (Å²) in [7, 11) is 0. The minimum Gasteiger partial charge on any atom is -0.481 e. The van der Waals surface area contributed by atoms with Gasteiger partial charge in [-0.15, -0.1) is 18.3 Å². The number of aliphatic hydroxyl groups is 1. The summed E-state index contributed by atoms with van der Waals surface area (Å²) in [6.07, 6.45) is 2.80. The molecule has 3 aliphatic rings. The molecular formula is C26H34N2O5S. The fourth-order valence-corrected chi connectivity index (χ4v) is 8.82. The lowest BCUT2D eigenvalue weighted by Gasteiger charge is -2.42. The number of nitrogens with zero attached hydrogens (tertiary/aromatic N) is 2. The Balaban J connectivity index is 1.89. The van der Waals surface area contributed by atoms with E-state index >= 15 is 0 Å². The van der Waals surface area contributed by atoms with Crippen molar-refractivity contribution >= 4 is 35.2 Å². The molecule has 0 saturated carbocycles. The lowest BCUT2D eigenvalue weighted by molar-refractivity contribution is -0.149. The largest absolute Gasteiger partial charge is 0.481 e. The first kappa shape index (κ1) is 24.8. The van der Waals surface area contributed by atoms with Crippen LogP contribution >= 0.6 is 11.8 Å². The Morgan fingerprint density at radius 1 is 1.38 bits per heavy atom. The van der Waals surface area contributed by atoms with Crippen molar-refractivity contribution in [1.82, 2.24) is 4.90 Å². The third kappa shape index (κ3) is 3.40. The van der Waals surface area contributed by atoms with E-state index in [0.717, 1.165) is 16.8 Å². The van der Waals surface area contributed by atoms with E-state index in [1.807, 2.05) is 45.9 Å². The third-order valence-electron chi connectivity index (χ3n) is 8.01. The van der Waals surface area contributed by atoms with Gasteiger partial charge >= 0.3 is 5.97 Å². The van der Waals surface area contributed by atoms with Crippen molar-refractivity contribution in [2.24, 2.45) is 17.8 Å². The zero-order valence-corrected chi connectivity index (χ0v) is 21.0. The maximum atomic E-state index is 14.5. The Morgan fingerprint density at radius 2 is 2.09 bits per heavy atom. The molecule has 3 saturated heterocycles. The SMILES string of the molecule is C=CCN(C(=O)C1N([C@@H](CC)CO)C(=O)[C@@H]2[C@H](C(=O)O)[C@@H]3CC(C)C12S3)c1cc(C)ccc1C. The smallest absolute Gasteiger partial charge is 0.308 e. The Bertz CT molecular complexity index is 1020. The van der Waals surface area contributed by atoms with Gasteiger partial charge in [-0.2, -0.15) is 0 Å². The van der Waals surface area contributed by atoms with Crippen LogP contribution in [0.5, 0.6) is 0 Å². The van der Waals surface area contributed by atoms with Crippen molar-refractivity contribution in [2.75, 3.05) is 18.1 Å². The Hall–Kier alpha value is -2.32. The molecule has 3 unspecified atom stereocenters. The number of rotatable bonds is 8. The summed E-state index contributed by atoms with van der Waals surface area (Å²) in [5.41, 5.74) is 2.70. The highest BCUT2D eigenvalue weighted by Crippen LogP contribution is 2.69. The van der Waals surface area contributed by atoms with E-state index in [9.17, 15) is 24.6 Å². The first-order chi connectivity index (χ1) is 16.1. The van der Waals surface area contributed by atoms with Gasteiger partial charge in [0.1, 0.15) is 6.04 Å². The second-order valence-electron chi connectivity index (χ2n) is 9.91. The lowest BCUT2D eigenvalue weighted by atomic mass is 9.66. The zero-order valence-electron chi connectivity index (χ0n) is 20.2. The Labute approximate surface area is 205 Å². The van der Waals surface area contributed by atoms with E-state index in [1.165, 1.54) is 16.7 Å². The summed E-state index contributed by atoms with van der Waals surface area (Å²) in [5.74, 6) is -3.13. The quantitative estimate of drug-likeness (QED) is 0.548. The predicted octanol–water partition coefficient (Wildman–Crippen LogP) is 3.02. The average molecular weight is 487 g/mol. The van der Waals surface area contributed by atoms with Gasteiger partial charge in [0.25, 0.3) is 5.91 Å². The number of anilines is 1. The van der Waals surface area contributed by atoms with E-state index in [2.05, 4.69) is 6.58 Å². The summed E-state index contributed by atoms with van der Waals surface area (Å²) in [6, 6.07) is 4.51. The predicted molar refractivity (Wildman–Crippen MR) is 133 cm³/mol. The fraction of sp³-hybridized carbons (Fsp3) is 0.577. The van der Waals surface area contributed by atoms with Crippen molar-refractivity contribution in [2.45, 2.75) is 62.6 Å². The Kier molecular flexibility index (Phi) is 6.59. The molecule has 184 valence electrons. The van der Waals surface area contributed by atoms with Crippen LogP contribution in [0.1, 0.15) is 37.8 Å². The van der Waals surface area contributed by atoms with Gasteiger partial charge in [-0.25, -0.2) is 0 Å². The number of carbonyl (C=O) groups is 3. The van der Waals surface area contributed by atoms with Crippen LogP contribution in [0.2, 0.25) is 0 Å². The summed E-state index contributed by atoms with van der Waals surface area (Å²) in [6.45, 7) is 11.7. The number of hydrogen-bond acceptors (Lipinski definition) is 5. The van der Waals surface area contributed by atoms with Crippen LogP contribution in [-0.2, 0) is 14.4 Å². The number of fused-ring (bicyclic) bond motifs is 1. The van der Waals surface area contributed by atoms with Gasteiger partial charge in [0.05, 0.1) is 29.2 Å². The molecule has 7 atom stereocenters. The van der Waals surface area contributed by atoms with E-state index in [0.29, 0.717) is 12.8 Å². The average Bonchev–Trinajstić information content (AvgIpc) is 3.39. The van der Waals surface area contributed by atoms with Gasteiger partial charge < -0.3 is 20.0 Å². The number of aryl methyl sites for hydroxylation is 2. The number of aliphatic hydroxyl groups excluding tert-OH is 1. The van der Waals surface area contributed by atoms with E-state index in [1.54, 1.807) is 11.0 Å². The van der Waals surface area contributed by atoms with E-state index in [-0.39, 0.29) is 36.1 Å². The molecule has 2 N–H and O–H groups in total. The molecule has 1 aromatic carbocycles. The number of carboxylic acids is 1. The van der Waals surface area contributed by atoms with Gasteiger partial charge in [0.2, 0.25) is 5.91 Å². The van der Waals surface area contributed by atoms with Crippen LogP contribution in [0.4, 0.5) is 5.69 Å². The molecule has 7 nitrogen and oxygen atoms in total. The van der Waals surface area contributed by atoms with Crippen LogP contribution in [0.3, 0.4) is 0 Å². The summed E-state index contributed by atoms with van der Waals surface area (Å²) in [4.78, 5) is 43.9. The summed E-state index contributed by atoms with van der Waals surface area (Å²) in [5, 5.41) is 20.0. The summed E-state index contributed by atoms with van der Waals surface area (Å²) < 4.78 is -0.832. The number of amides is 2. The van der Waals surface area contributed by atoms with Gasteiger partial charge in [-0.3, -0.25) is 14.4 Å². The van der Waals surface area contributed by atoms with Gasteiger partial charge in [-0.05, 0) is 49.8 Å². The van der Waals surface area contributed by atoms with Crippen LogP contribution in [0.25, 0.3) is 0 Å². The Morgan fingerprint density at radius 3 is 2.68 bits per heavy atom. The van der Waals surface area contributed by atoms with Crippen molar-refractivity contribution < 1.29 is 24.6 Å². The molecular weight excluding hydrogens is 452 g/mol. The number of carboxylic acid groups (broad SMARTS) is 1. The van der Waals surface area contributed by atoms with E-state index < -0.39 is 34.6 Å². The van der Waals surface area contributed by atoms with Crippen molar-refractivity contribution in [1.29, 1.82) is 0 Å². The first-order valence-corrected chi connectivity index (χ1v) is 12.8. The second-order valence-corrected chi connectivity index (χ2v) is 11.5. The van der Waals surface area contributed by atoms with Gasteiger partial charge in [-0.1, -0.05) is 32.1 Å². The highest BCUT2D eigenvalue weighted by atomic mass is 32.2. The monoisotopic (exact) mass is 486 g/mol.